The minimum absolute atomic E-state index is 0.431. The molecular formula is C17H25ClN2O. The predicted molar refractivity (Wildman–Crippen MR) is 88.3 cm³/mol. The molecule has 0 saturated carbocycles. The number of benzene rings is 1. The molecule has 1 aromatic carbocycles. The van der Waals surface area contributed by atoms with Crippen LogP contribution in [0.4, 0.5) is 5.69 Å². The van der Waals surface area contributed by atoms with Crippen molar-refractivity contribution in [1.29, 1.82) is 0 Å². The molecule has 2 saturated heterocycles. The van der Waals surface area contributed by atoms with Gasteiger partial charge in [-0.1, -0.05) is 23.7 Å². The van der Waals surface area contributed by atoms with Gasteiger partial charge in [-0.05, 0) is 44.4 Å². The SMILES string of the molecule is CO[C@H]1CCCN(C2CCN(c3ccccc3Cl)CC2)C1. The fraction of sp³-hybridized carbons (Fsp3) is 0.647. The van der Waals surface area contributed by atoms with Crippen molar-refractivity contribution in [2.45, 2.75) is 37.8 Å². The average molecular weight is 309 g/mol. The molecule has 0 aliphatic carbocycles. The highest BCUT2D eigenvalue weighted by Crippen LogP contribution is 2.29. The maximum atomic E-state index is 6.31. The van der Waals surface area contributed by atoms with E-state index in [0.29, 0.717) is 12.1 Å². The van der Waals surface area contributed by atoms with Gasteiger partial charge in [0, 0.05) is 32.8 Å². The van der Waals surface area contributed by atoms with Gasteiger partial charge in [-0.2, -0.15) is 0 Å². The highest BCUT2D eigenvalue weighted by molar-refractivity contribution is 6.33. The number of rotatable bonds is 3. The van der Waals surface area contributed by atoms with Gasteiger partial charge in [-0.15, -0.1) is 0 Å². The predicted octanol–water partition coefficient (Wildman–Crippen LogP) is 3.42. The highest BCUT2D eigenvalue weighted by atomic mass is 35.5. The van der Waals surface area contributed by atoms with Crippen molar-refractivity contribution in [3.05, 3.63) is 29.3 Å². The number of ether oxygens (including phenoxy) is 1. The molecule has 116 valence electrons. The molecule has 1 aromatic rings. The van der Waals surface area contributed by atoms with Crippen molar-refractivity contribution in [3.63, 3.8) is 0 Å². The van der Waals surface area contributed by atoms with Crippen LogP contribution in [-0.4, -0.2) is 50.3 Å². The molecule has 4 heteroatoms. The van der Waals surface area contributed by atoms with Crippen molar-refractivity contribution in [2.24, 2.45) is 0 Å². The van der Waals surface area contributed by atoms with E-state index in [1.807, 2.05) is 19.2 Å². The molecule has 2 aliphatic heterocycles. The lowest BCUT2D eigenvalue weighted by molar-refractivity contribution is 0.0102. The van der Waals surface area contributed by atoms with E-state index >= 15 is 0 Å². The van der Waals surface area contributed by atoms with Gasteiger partial charge in [0.05, 0.1) is 16.8 Å². The number of halogens is 1. The number of nitrogens with zero attached hydrogens (tertiary/aromatic N) is 2. The van der Waals surface area contributed by atoms with Crippen LogP contribution < -0.4 is 4.90 Å². The normalized spacial score (nSPS) is 25.2. The monoisotopic (exact) mass is 308 g/mol. The second kappa shape index (κ2) is 6.99. The van der Waals surface area contributed by atoms with Gasteiger partial charge in [0.1, 0.15) is 0 Å². The third kappa shape index (κ3) is 3.53. The fourth-order valence-electron chi connectivity index (χ4n) is 3.67. The Morgan fingerprint density at radius 3 is 2.57 bits per heavy atom. The summed E-state index contributed by atoms with van der Waals surface area (Å²) in [5.74, 6) is 0. The molecule has 0 amide bonds. The molecule has 3 rings (SSSR count). The van der Waals surface area contributed by atoms with Crippen LogP contribution in [0, 0.1) is 0 Å². The summed E-state index contributed by atoms with van der Waals surface area (Å²) in [4.78, 5) is 5.07. The lowest BCUT2D eigenvalue weighted by atomic mass is 9.98. The summed E-state index contributed by atoms with van der Waals surface area (Å²) in [5.41, 5.74) is 1.19. The third-order valence-electron chi connectivity index (χ3n) is 4.92. The second-order valence-corrected chi connectivity index (χ2v) is 6.57. The largest absolute Gasteiger partial charge is 0.380 e. The molecule has 1 atom stereocenters. The zero-order chi connectivity index (χ0) is 14.7. The van der Waals surface area contributed by atoms with Gasteiger partial charge in [-0.25, -0.2) is 0 Å². The Morgan fingerprint density at radius 1 is 1.10 bits per heavy atom. The Bertz CT molecular complexity index is 460. The molecule has 0 spiro atoms. The minimum atomic E-state index is 0.431. The van der Waals surface area contributed by atoms with Gasteiger partial charge in [0.2, 0.25) is 0 Å². The fourth-order valence-corrected chi connectivity index (χ4v) is 3.93. The average Bonchev–Trinajstić information content (AvgIpc) is 2.56. The number of hydrogen-bond donors (Lipinski definition) is 0. The Balaban J connectivity index is 1.57. The van der Waals surface area contributed by atoms with Crippen LogP contribution in [0.3, 0.4) is 0 Å². The maximum Gasteiger partial charge on any atom is 0.0698 e. The topological polar surface area (TPSA) is 15.7 Å². The Morgan fingerprint density at radius 2 is 1.86 bits per heavy atom. The standard InChI is InChI=1S/C17H25ClN2O/c1-21-15-5-4-10-20(13-15)14-8-11-19(12-9-14)17-7-3-2-6-16(17)18/h2-3,6-7,14-15H,4-5,8-13H2,1H3/t15-/m0/s1. The summed E-state index contributed by atoms with van der Waals surface area (Å²) in [5, 5.41) is 0.869. The van der Waals surface area contributed by atoms with E-state index in [0.717, 1.165) is 24.7 Å². The lowest BCUT2D eigenvalue weighted by Gasteiger charge is -2.42. The smallest absolute Gasteiger partial charge is 0.0698 e. The van der Waals surface area contributed by atoms with Crippen molar-refractivity contribution in [2.75, 3.05) is 38.2 Å². The summed E-state index contributed by atoms with van der Waals surface area (Å²) in [6, 6.07) is 8.89. The first-order valence-corrected chi connectivity index (χ1v) is 8.42. The van der Waals surface area contributed by atoms with Crippen LogP contribution in [0.1, 0.15) is 25.7 Å². The molecule has 2 fully saturated rings. The van der Waals surface area contributed by atoms with Gasteiger partial charge in [0.15, 0.2) is 0 Å². The molecule has 0 radical (unpaired) electrons. The summed E-state index contributed by atoms with van der Waals surface area (Å²) in [6.45, 7) is 4.54. The van der Waals surface area contributed by atoms with E-state index in [1.54, 1.807) is 0 Å². The number of para-hydroxylation sites is 1. The summed E-state index contributed by atoms with van der Waals surface area (Å²) >= 11 is 6.31. The number of methoxy groups -OCH3 is 1. The van der Waals surface area contributed by atoms with Crippen molar-refractivity contribution in [3.8, 4) is 0 Å². The molecule has 0 unspecified atom stereocenters. The zero-order valence-corrected chi connectivity index (χ0v) is 13.6. The van der Waals surface area contributed by atoms with E-state index in [-0.39, 0.29) is 0 Å². The Labute approximate surface area is 132 Å². The maximum absolute atomic E-state index is 6.31. The first-order valence-electron chi connectivity index (χ1n) is 8.04. The summed E-state index contributed by atoms with van der Waals surface area (Å²) in [7, 11) is 1.84. The van der Waals surface area contributed by atoms with Crippen LogP contribution in [-0.2, 0) is 4.74 Å². The minimum Gasteiger partial charge on any atom is -0.380 e. The number of likely N-dealkylation sites (tertiary alicyclic amines) is 1. The molecule has 2 aliphatic rings. The van der Waals surface area contributed by atoms with E-state index in [2.05, 4.69) is 21.9 Å². The molecule has 2 heterocycles. The van der Waals surface area contributed by atoms with Crippen LogP contribution in [0.5, 0.6) is 0 Å². The number of piperidine rings is 2. The molecule has 0 bridgehead atoms. The lowest BCUT2D eigenvalue weighted by Crippen LogP contribution is -2.50. The Hall–Kier alpha value is -0.770. The van der Waals surface area contributed by atoms with Gasteiger partial charge >= 0.3 is 0 Å². The quantitative estimate of drug-likeness (QED) is 0.851. The zero-order valence-electron chi connectivity index (χ0n) is 12.8. The first kappa shape index (κ1) is 15.1. The van der Waals surface area contributed by atoms with Crippen molar-refractivity contribution >= 4 is 17.3 Å². The molecule has 3 nitrogen and oxygen atoms in total. The molecule has 21 heavy (non-hydrogen) atoms. The molecule has 0 N–H and O–H groups in total. The van der Waals surface area contributed by atoms with Gasteiger partial charge < -0.3 is 9.64 Å². The van der Waals surface area contributed by atoms with E-state index in [1.165, 1.54) is 37.9 Å². The van der Waals surface area contributed by atoms with Crippen LogP contribution >= 0.6 is 11.6 Å². The molecular weight excluding hydrogens is 284 g/mol. The summed E-state index contributed by atoms with van der Waals surface area (Å²) in [6.07, 6.45) is 5.36. The highest BCUT2D eigenvalue weighted by Gasteiger charge is 2.29. The van der Waals surface area contributed by atoms with Crippen LogP contribution in [0.15, 0.2) is 24.3 Å². The van der Waals surface area contributed by atoms with Crippen LogP contribution in [0.2, 0.25) is 5.02 Å². The van der Waals surface area contributed by atoms with Crippen LogP contribution in [0.25, 0.3) is 0 Å². The van der Waals surface area contributed by atoms with E-state index < -0.39 is 0 Å². The number of anilines is 1. The van der Waals surface area contributed by atoms with Gasteiger partial charge in [0.25, 0.3) is 0 Å². The van der Waals surface area contributed by atoms with E-state index in [9.17, 15) is 0 Å². The summed E-state index contributed by atoms with van der Waals surface area (Å²) < 4.78 is 5.55. The molecule has 0 aromatic heterocycles. The van der Waals surface area contributed by atoms with Gasteiger partial charge in [-0.3, -0.25) is 4.90 Å². The van der Waals surface area contributed by atoms with Crippen molar-refractivity contribution < 1.29 is 4.74 Å². The van der Waals surface area contributed by atoms with E-state index in [4.69, 9.17) is 16.3 Å². The first-order chi connectivity index (χ1) is 10.3. The Kier molecular flexibility index (Phi) is 5.04. The van der Waals surface area contributed by atoms with Crippen molar-refractivity contribution in [1.82, 2.24) is 4.90 Å². The number of hydrogen-bond acceptors (Lipinski definition) is 3. The third-order valence-corrected chi connectivity index (χ3v) is 5.24. The second-order valence-electron chi connectivity index (χ2n) is 6.16.